The molecule has 0 aliphatic carbocycles. The summed E-state index contributed by atoms with van der Waals surface area (Å²) in [6.45, 7) is 8.43. The Kier molecular flexibility index (Phi) is 9.84. The Morgan fingerprint density at radius 2 is 1.87 bits per heavy atom. The van der Waals surface area contributed by atoms with E-state index in [9.17, 15) is 14.2 Å². The third-order valence-electron chi connectivity index (χ3n) is 5.47. The van der Waals surface area contributed by atoms with E-state index in [1.165, 1.54) is 55.7 Å². The van der Waals surface area contributed by atoms with Gasteiger partial charge in [0.05, 0.1) is 5.60 Å². The maximum Gasteiger partial charge on any atom is 0.355 e. The van der Waals surface area contributed by atoms with E-state index in [2.05, 4.69) is 11.7 Å². The summed E-state index contributed by atoms with van der Waals surface area (Å²) >= 11 is 1.19. The first-order valence-corrected chi connectivity index (χ1v) is 14.3. The minimum atomic E-state index is -4.39. The topological polar surface area (TPSA) is 100 Å². The second-order valence-corrected chi connectivity index (χ2v) is 12.2. The van der Waals surface area contributed by atoms with Crippen LogP contribution in [0.15, 0.2) is 67.3 Å². The van der Waals surface area contributed by atoms with Gasteiger partial charge in [-0.3, -0.25) is 9.36 Å². The molecule has 0 bridgehead atoms. The lowest BCUT2D eigenvalue weighted by Gasteiger charge is -2.27. The van der Waals surface area contributed by atoms with Crippen LogP contribution in [0.25, 0.3) is 10.1 Å². The molecule has 8 nitrogen and oxygen atoms in total. The molecule has 1 heterocycles. The molecule has 0 saturated carbocycles. The largest absolute Gasteiger partial charge is 0.461 e. The first kappa shape index (κ1) is 29.5. The van der Waals surface area contributed by atoms with Gasteiger partial charge >= 0.3 is 19.5 Å². The highest BCUT2D eigenvalue weighted by atomic mass is 32.1. The summed E-state index contributed by atoms with van der Waals surface area (Å²) in [5.41, 5.74) is -0.677. The predicted molar refractivity (Wildman–Crippen MR) is 145 cm³/mol. The van der Waals surface area contributed by atoms with Crippen molar-refractivity contribution >= 4 is 40.9 Å². The lowest BCUT2D eigenvalue weighted by atomic mass is 10.1. The van der Waals surface area contributed by atoms with Crippen molar-refractivity contribution in [3.8, 4) is 5.75 Å². The van der Waals surface area contributed by atoms with Crippen LogP contribution in [0.5, 0.6) is 5.75 Å². The Hall–Kier alpha value is -3.04. The van der Waals surface area contributed by atoms with Crippen LogP contribution in [-0.4, -0.2) is 43.9 Å². The van der Waals surface area contributed by atoms with Gasteiger partial charge in [-0.2, -0.15) is 0 Å². The molecule has 0 aliphatic heterocycles. The third-order valence-corrected chi connectivity index (χ3v) is 8.69. The minimum Gasteiger partial charge on any atom is -0.461 e. The number of hydrogen-bond donors (Lipinski definition) is 1. The Morgan fingerprint density at radius 1 is 1.16 bits per heavy atom. The number of fused-ring (bicyclic) bond motifs is 1. The van der Waals surface area contributed by atoms with Crippen molar-refractivity contribution in [2.45, 2.75) is 38.3 Å². The fourth-order valence-corrected chi connectivity index (χ4v) is 6.09. The zero-order valence-corrected chi connectivity index (χ0v) is 23.4. The molecule has 2 aromatic carbocycles. The fraction of sp³-hybridized carbons (Fsp3) is 0.333. The zero-order chi connectivity index (χ0) is 27.9. The van der Waals surface area contributed by atoms with Crippen molar-refractivity contribution in [3.05, 3.63) is 77.7 Å². The minimum absolute atomic E-state index is 0.0501. The lowest BCUT2D eigenvalue weighted by molar-refractivity contribution is -0.152. The maximum absolute atomic E-state index is 16.1. The molecule has 38 heavy (non-hydrogen) atoms. The van der Waals surface area contributed by atoms with Crippen LogP contribution in [0.3, 0.4) is 0 Å². The highest BCUT2D eigenvalue weighted by molar-refractivity contribution is 7.57. The first-order valence-electron chi connectivity index (χ1n) is 11.8. The molecule has 3 atom stereocenters. The number of rotatable bonds is 13. The molecule has 0 fully saturated rings. The highest BCUT2D eigenvalue weighted by Crippen LogP contribution is 2.58. The van der Waals surface area contributed by atoms with Crippen LogP contribution >= 0.6 is 18.9 Å². The van der Waals surface area contributed by atoms with Gasteiger partial charge in [0, 0.05) is 11.8 Å². The number of carbonyl (C=O) groups excluding carboxylic acids is 2. The van der Waals surface area contributed by atoms with Crippen molar-refractivity contribution in [3.63, 3.8) is 0 Å². The average Bonchev–Trinajstić information content (AvgIpc) is 3.34. The normalized spacial score (nSPS) is 14.8. The molecule has 3 aromatic rings. The molecular formula is C27H31FNO7PS. The average molecular weight is 564 g/mol. The van der Waals surface area contributed by atoms with Gasteiger partial charge in [-0.1, -0.05) is 36.9 Å². The van der Waals surface area contributed by atoms with Gasteiger partial charge in [-0.05, 0) is 62.1 Å². The van der Waals surface area contributed by atoms with E-state index in [1.807, 2.05) is 0 Å². The highest BCUT2D eigenvalue weighted by Gasteiger charge is 2.41. The lowest BCUT2D eigenvalue weighted by Crippen LogP contribution is -2.38. The summed E-state index contributed by atoms with van der Waals surface area (Å²) in [5, 5.41) is 3.12. The smallest absolute Gasteiger partial charge is 0.355 e. The van der Waals surface area contributed by atoms with Crippen LogP contribution in [-0.2, 0) is 23.6 Å². The Balaban J connectivity index is 1.88. The van der Waals surface area contributed by atoms with Gasteiger partial charge in [0.1, 0.15) is 29.9 Å². The Bertz CT molecular complexity index is 1330. The summed E-state index contributed by atoms with van der Waals surface area (Å²) in [7, 11) is -2.90. The Labute approximate surface area is 225 Å². The van der Waals surface area contributed by atoms with E-state index in [-0.39, 0.29) is 24.5 Å². The van der Waals surface area contributed by atoms with Gasteiger partial charge in [-0.15, -0.1) is 11.3 Å². The number of esters is 2. The molecule has 0 spiro atoms. The first-order chi connectivity index (χ1) is 18.0. The van der Waals surface area contributed by atoms with Crippen LogP contribution in [0.1, 0.15) is 41.9 Å². The molecule has 0 amide bonds. The number of alkyl halides is 1. The van der Waals surface area contributed by atoms with Crippen LogP contribution in [0.4, 0.5) is 4.39 Å². The molecule has 0 saturated heterocycles. The second-order valence-electron chi connectivity index (χ2n) is 9.05. The van der Waals surface area contributed by atoms with Crippen molar-refractivity contribution in [2.75, 3.05) is 20.3 Å². The molecule has 1 N–H and O–H groups in total. The molecule has 11 heteroatoms. The maximum atomic E-state index is 16.1. The number of benzene rings is 2. The molecule has 0 aliphatic rings. The number of hydrogen-bond acceptors (Lipinski definition) is 8. The molecule has 1 aromatic heterocycles. The van der Waals surface area contributed by atoms with E-state index < -0.39 is 37.0 Å². The number of carbonyl (C=O) groups is 2. The number of para-hydroxylation sites is 1. The monoisotopic (exact) mass is 563 g/mol. The van der Waals surface area contributed by atoms with Crippen LogP contribution in [0, 0.1) is 0 Å². The summed E-state index contributed by atoms with van der Waals surface area (Å²) in [5.74, 6) is -3.24. The van der Waals surface area contributed by atoms with Gasteiger partial charge < -0.3 is 18.7 Å². The zero-order valence-electron chi connectivity index (χ0n) is 21.6. The summed E-state index contributed by atoms with van der Waals surface area (Å²) in [4.78, 5) is 25.2. The van der Waals surface area contributed by atoms with Gasteiger partial charge in [-0.25, -0.2) is 14.3 Å². The number of methoxy groups -OCH3 is 1. The van der Waals surface area contributed by atoms with E-state index in [4.69, 9.17) is 18.7 Å². The summed E-state index contributed by atoms with van der Waals surface area (Å²) in [6, 6.07) is 13.1. The van der Waals surface area contributed by atoms with E-state index >= 15 is 4.39 Å². The number of thiophene rings is 1. The molecule has 0 radical (unpaired) electrons. The quantitative estimate of drug-likeness (QED) is 0.144. The van der Waals surface area contributed by atoms with Crippen LogP contribution < -0.4 is 9.61 Å². The molecule has 204 valence electrons. The van der Waals surface area contributed by atoms with Gasteiger partial charge in [0.15, 0.2) is 0 Å². The summed E-state index contributed by atoms with van der Waals surface area (Å²) < 4.78 is 52.0. The Morgan fingerprint density at radius 3 is 2.53 bits per heavy atom. The van der Waals surface area contributed by atoms with Crippen molar-refractivity contribution < 1.29 is 37.3 Å². The predicted octanol–water partition coefficient (Wildman–Crippen LogP) is 6.43. The van der Waals surface area contributed by atoms with Crippen molar-refractivity contribution in [2.24, 2.45) is 0 Å². The van der Waals surface area contributed by atoms with E-state index in [0.717, 1.165) is 4.70 Å². The SMILES string of the molecule is C=CCOC(=O)c1cc2cc([C@H](F)P(=O)(NC(C)C(=O)OCC(C)(C)OC)Oc3ccccc3)ccc2s1. The number of halogens is 1. The van der Waals surface area contributed by atoms with E-state index in [1.54, 1.807) is 44.2 Å². The molecular weight excluding hydrogens is 532 g/mol. The second kappa shape index (κ2) is 12.7. The molecule has 2 unspecified atom stereocenters. The fourth-order valence-electron chi connectivity index (χ4n) is 3.24. The van der Waals surface area contributed by atoms with Crippen molar-refractivity contribution in [1.82, 2.24) is 5.09 Å². The van der Waals surface area contributed by atoms with Gasteiger partial charge in [0.25, 0.3) is 0 Å². The number of nitrogens with one attached hydrogen (secondary N) is 1. The molecule has 3 rings (SSSR count). The number of ether oxygens (including phenoxy) is 3. The standard InChI is InChI=1S/C27H31FNO7PS/c1-6-14-34-26(31)23-16-20-15-19(12-13-22(20)38-23)24(28)37(32,36-21-10-8-7-9-11-21)29-18(2)25(30)35-17-27(3,4)33-5/h6-13,15-16,18,24H,1,14,17H2,2-5H3,(H,29,32)/t18?,24-,37?/m1/s1. The van der Waals surface area contributed by atoms with Crippen LogP contribution in [0.2, 0.25) is 0 Å². The third kappa shape index (κ3) is 7.51. The van der Waals surface area contributed by atoms with E-state index in [0.29, 0.717) is 10.3 Å². The van der Waals surface area contributed by atoms with Gasteiger partial charge in [0.2, 0.25) is 5.91 Å². The van der Waals surface area contributed by atoms with Crippen molar-refractivity contribution in [1.29, 1.82) is 0 Å². The summed E-state index contributed by atoms with van der Waals surface area (Å²) in [6.07, 6.45) is 1.46.